The molecule has 11 nitrogen and oxygen atoms in total. The molecule has 17 heteroatoms. The van der Waals surface area contributed by atoms with Gasteiger partial charge in [0, 0.05) is 18.2 Å². The lowest BCUT2D eigenvalue weighted by Gasteiger charge is -2.37. The Morgan fingerprint density at radius 3 is 1.82 bits per heavy atom. The Morgan fingerprint density at radius 2 is 1.35 bits per heavy atom. The molecular formula is C23H12Cl6N4O7. The molecule has 0 unspecified atom stereocenters. The topological polar surface area (TPSA) is 144 Å². The van der Waals surface area contributed by atoms with Crippen LogP contribution in [0.5, 0.6) is 0 Å². The lowest BCUT2D eigenvalue weighted by Crippen LogP contribution is -2.55. The molecule has 40 heavy (non-hydrogen) atoms. The van der Waals surface area contributed by atoms with E-state index in [1.54, 1.807) is 0 Å². The Kier molecular flexibility index (Phi) is 6.80. The molecule has 2 bridgehead atoms. The number of nitro benzene ring substituents is 2. The Labute approximate surface area is 254 Å². The number of benzene rings is 2. The number of imide groups is 1. The monoisotopic (exact) mass is 666 g/mol. The number of para-hydroxylation sites is 1. The average molecular weight is 669 g/mol. The van der Waals surface area contributed by atoms with Gasteiger partial charge in [-0.2, -0.15) is 5.01 Å². The summed E-state index contributed by atoms with van der Waals surface area (Å²) in [6, 6.07) is 9.76. The number of non-ortho nitro benzene ring substituents is 1. The van der Waals surface area contributed by atoms with E-state index in [2.05, 4.69) is 0 Å². The van der Waals surface area contributed by atoms with Crippen molar-refractivity contribution >= 4 is 98.7 Å². The van der Waals surface area contributed by atoms with Crippen LogP contribution in [0.3, 0.4) is 0 Å². The SMILES string of the molecule is O=C(c1ccccc1[N+](=O)[O-])N(Cc1ccc([N+](=O)[O-])cc1)N1C(=O)[C@@H]2[C@@H](C1=O)[C@@]1(Cl)C(Cl)=C(Cl)[C@@]2(Cl)C1(Cl)Cl. The number of carbonyl (C=O) groups is 3. The van der Waals surface area contributed by atoms with E-state index >= 15 is 0 Å². The van der Waals surface area contributed by atoms with Gasteiger partial charge in [-0.05, 0) is 11.6 Å². The number of amides is 3. The number of hydrogen-bond donors (Lipinski definition) is 0. The first-order valence-electron chi connectivity index (χ1n) is 11.1. The highest BCUT2D eigenvalue weighted by Gasteiger charge is 2.88. The third-order valence-electron chi connectivity index (χ3n) is 7.17. The van der Waals surface area contributed by atoms with Gasteiger partial charge in [-0.15, -0.1) is 23.2 Å². The number of hydrazine groups is 1. The summed E-state index contributed by atoms with van der Waals surface area (Å²) in [5.74, 6) is -6.37. The summed E-state index contributed by atoms with van der Waals surface area (Å²) in [6.45, 7) is -0.522. The quantitative estimate of drug-likeness (QED) is 0.171. The van der Waals surface area contributed by atoms with Gasteiger partial charge in [0.15, 0.2) is 4.33 Å². The molecule has 2 aromatic carbocycles. The number of halogens is 6. The number of fused-ring (bicyclic) bond motifs is 5. The van der Waals surface area contributed by atoms with Crippen LogP contribution < -0.4 is 0 Å². The molecule has 3 aliphatic rings. The van der Waals surface area contributed by atoms with Gasteiger partial charge in [0.1, 0.15) is 15.3 Å². The Balaban J connectivity index is 1.63. The normalized spacial score (nSPS) is 28.2. The Bertz CT molecular complexity index is 1520. The van der Waals surface area contributed by atoms with Crippen LogP contribution in [0, 0.1) is 32.1 Å². The number of rotatable bonds is 6. The summed E-state index contributed by atoms with van der Waals surface area (Å²) in [6.07, 6.45) is 0. The second-order valence-electron chi connectivity index (χ2n) is 9.13. The van der Waals surface area contributed by atoms with Crippen LogP contribution in [-0.4, -0.2) is 51.7 Å². The van der Waals surface area contributed by atoms with E-state index in [0.717, 1.165) is 24.3 Å². The number of nitrogens with zero attached hydrogens (tertiary/aromatic N) is 4. The summed E-state index contributed by atoms with van der Waals surface area (Å²) >= 11 is 39.2. The van der Waals surface area contributed by atoms with Crippen LogP contribution in [0.25, 0.3) is 0 Å². The largest absolute Gasteiger partial charge is 0.282 e. The molecule has 5 rings (SSSR count). The molecule has 3 amide bonds. The first-order chi connectivity index (χ1) is 18.6. The van der Waals surface area contributed by atoms with Crippen molar-refractivity contribution < 1.29 is 24.2 Å². The van der Waals surface area contributed by atoms with Crippen molar-refractivity contribution in [3.05, 3.63) is 90.0 Å². The smallest absolute Gasteiger partial charge is 0.272 e. The maximum absolute atomic E-state index is 13.9. The van der Waals surface area contributed by atoms with Crippen molar-refractivity contribution in [2.45, 2.75) is 20.6 Å². The fourth-order valence-corrected chi connectivity index (χ4v) is 8.23. The predicted octanol–water partition coefficient (Wildman–Crippen LogP) is 5.51. The maximum atomic E-state index is 13.9. The van der Waals surface area contributed by atoms with Gasteiger partial charge in [0.05, 0.1) is 38.3 Å². The van der Waals surface area contributed by atoms with Crippen molar-refractivity contribution in [2.75, 3.05) is 0 Å². The second kappa shape index (κ2) is 9.43. The molecule has 208 valence electrons. The van der Waals surface area contributed by atoms with Gasteiger partial charge in [0.2, 0.25) is 0 Å². The highest BCUT2D eigenvalue weighted by molar-refractivity contribution is 6.66. The summed E-state index contributed by atoms with van der Waals surface area (Å²) in [7, 11) is 0. The van der Waals surface area contributed by atoms with Crippen molar-refractivity contribution in [3.63, 3.8) is 0 Å². The van der Waals surface area contributed by atoms with Crippen LogP contribution in [-0.2, 0) is 16.1 Å². The Hall–Kier alpha value is -2.67. The highest BCUT2D eigenvalue weighted by Crippen LogP contribution is 2.77. The zero-order chi connectivity index (χ0) is 29.5. The van der Waals surface area contributed by atoms with Crippen LogP contribution in [0.1, 0.15) is 15.9 Å². The van der Waals surface area contributed by atoms with E-state index in [4.69, 9.17) is 69.6 Å². The fraction of sp³-hybridized carbons (Fsp3) is 0.261. The van der Waals surface area contributed by atoms with Crippen molar-refractivity contribution in [2.24, 2.45) is 11.8 Å². The van der Waals surface area contributed by atoms with Gasteiger partial charge in [-0.1, -0.05) is 70.7 Å². The summed E-state index contributed by atoms with van der Waals surface area (Å²) in [5.41, 5.74) is -1.08. The minimum atomic E-state index is -2.21. The fourth-order valence-electron chi connectivity index (χ4n) is 5.30. The van der Waals surface area contributed by atoms with Gasteiger partial charge in [-0.25, -0.2) is 5.01 Å². The lowest BCUT2D eigenvalue weighted by atomic mass is 9.84. The first kappa shape index (κ1) is 28.8. The van der Waals surface area contributed by atoms with Crippen molar-refractivity contribution in [3.8, 4) is 0 Å². The van der Waals surface area contributed by atoms with Crippen molar-refractivity contribution in [1.82, 2.24) is 10.0 Å². The zero-order valence-electron chi connectivity index (χ0n) is 19.4. The van der Waals surface area contributed by atoms with E-state index in [1.165, 1.54) is 24.3 Å². The van der Waals surface area contributed by atoms with E-state index in [9.17, 15) is 34.6 Å². The molecule has 0 aromatic heterocycles. The molecule has 4 atom stereocenters. The summed E-state index contributed by atoms with van der Waals surface area (Å²) in [5, 5.41) is 23.2. The van der Waals surface area contributed by atoms with E-state index in [1.807, 2.05) is 0 Å². The van der Waals surface area contributed by atoms with E-state index < -0.39 is 71.3 Å². The summed E-state index contributed by atoms with van der Waals surface area (Å²) in [4.78, 5) is 58.6. The molecule has 0 N–H and O–H groups in total. The van der Waals surface area contributed by atoms with E-state index in [0.29, 0.717) is 10.0 Å². The molecular weight excluding hydrogens is 657 g/mol. The van der Waals surface area contributed by atoms with Gasteiger partial charge < -0.3 is 0 Å². The molecule has 1 saturated carbocycles. The molecule has 2 fully saturated rings. The third kappa shape index (κ3) is 3.55. The lowest BCUT2D eigenvalue weighted by molar-refractivity contribution is -0.385. The predicted molar refractivity (Wildman–Crippen MR) is 145 cm³/mol. The van der Waals surface area contributed by atoms with Gasteiger partial charge in [0.25, 0.3) is 29.1 Å². The molecule has 0 spiro atoms. The van der Waals surface area contributed by atoms with Gasteiger partial charge in [-0.3, -0.25) is 34.6 Å². The minimum absolute atomic E-state index is 0.234. The zero-order valence-corrected chi connectivity index (χ0v) is 23.9. The third-order valence-corrected chi connectivity index (χ3v) is 11.4. The van der Waals surface area contributed by atoms with Crippen LogP contribution >= 0.6 is 69.6 Å². The number of alkyl halides is 4. The highest BCUT2D eigenvalue weighted by atomic mass is 35.5. The van der Waals surface area contributed by atoms with Crippen LogP contribution in [0.15, 0.2) is 58.6 Å². The molecule has 1 heterocycles. The van der Waals surface area contributed by atoms with E-state index in [-0.39, 0.29) is 21.3 Å². The summed E-state index contributed by atoms with van der Waals surface area (Å²) < 4.78 is -2.21. The number of nitro groups is 2. The number of carbonyl (C=O) groups excluding carboxylic acids is 3. The average Bonchev–Trinajstić information content (AvgIpc) is 3.30. The van der Waals surface area contributed by atoms with Crippen LogP contribution in [0.2, 0.25) is 0 Å². The standard InChI is InChI=1S/C23H12Cl6N4O7/c24-16-17(25)22(27)15-14(21(16,26)23(22,28)29)19(35)31(20(15)36)30(9-10-5-7-11(8-6-10)32(37)38)18(34)12-3-1-2-4-13(12)33(39)40/h1-8,14-15H,9H2/t14-,15-,21+,22+/m0/s1. The number of hydrogen-bond acceptors (Lipinski definition) is 7. The van der Waals surface area contributed by atoms with Gasteiger partial charge >= 0.3 is 0 Å². The molecule has 0 radical (unpaired) electrons. The Morgan fingerprint density at radius 1 is 0.850 bits per heavy atom. The minimum Gasteiger partial charge on any atom is -0.272 e. The van der Waals surface area contributed by atoms with Crippen LogP contribution in [0.4, 0.5) is 11.4 Å². The first-order valence-corrected chi connectivity index (χ1v) is 13.4. The molecule has 1 aliphatic heterocycles. The van der Waals surface area contributed by atoms with Crippen molar-refractivity contribution in [1.29, 1.82) is 0 Å². The number of allylic oxidation sites excluding steroid dienone is 2. The molecule has 2 aliphatic carbocycles. The second-order valence-corrected chi connectivity index (χ2v) is 12.4. The molecule has 2 aromatic rings. The molecule has 1 saturated heterocycles. The maximum Gasteiger partial charge on any atom is 0.282 e.